The number of allylic oxidation sites excluding steroid dienone is 1. The third-order valence-electron chi connectivity index (χ3n) is 12.6. The van der Waals surface area contributed by atoms with Crippen molar-refractivity contribution in [1.29, 1.82) is 0 Å². The van der Waals surface area contributed by atoms with Crippen molar-refractivity contribution in [2.75, 3.05) is 6.61 Å². The summed E-state index contributed by atoms with van der Waals surface area (Å²) in [6.45, 7) is 9.12. The molecule has 4 aliphatic rings. The quantitative estimate of drug-likeness (QED) is 0.106. The Balaban J connectivity index is 1.29. The molecule has 3 fully saturated rings. The summed E-state index contributed by atoms with van der Waals surface area (Å²) in [5.41, 5.74) is 3.28. The van der Waals surface area contributed by atoms with Gasteiger partial charge < -0.3 is 23.6 Å². The molecule has 7 rings (SSSR count). The Morgan fingerprint density at radius 1 is 0.927 bits per heavy atom. The molecule has 0 bridgehead atoms. The van der Waals surface area contributed by atoms with Crippen LogP contribution in [-0.2, 0) is 25.3 Å². The van der Waals surface area contributed by atoms with E-state index in [1.807, 2.05) is 18.2 Å². The van der Waals surface area contributed by atoms with Gasteiger partial charge in [0.1, 0.15) is 18.1 Å². The van der Waals surface area contributed by atoms with Crippen LogP contribution in [0.4, 0.5) is 0 Å². The van der Waals surface area contributed by atoms with E-state index in [1.54, 1.807) is 11.0 Å². The van der Waals surface area contributed by atoms with Gasteiger partial charge in [-0.05, 0) is 95.5 Å². The maximum atomic E-state index is 14.5. The Morgan fingerprint density at radius 2 is 1.60 bits per heavy atom. The molecular weight excluding hydrogens is 705 g/mol. The second kappa shape index (κ2) is 16.9. The number of carbonyl (C=O) groups is 2. The monoisotopic (exact) mass is 763 g/mol. The first-order chi connectivity index (χ1) is 26.6. The van der Waals surface area contributed by atoms with Crippen molar-refractivity contribution in [3.05, 3.63) is 101 Å². The highest BCUT2D eigenvalue weighted by Gasteiger charge is 2.59. The second-order valence-corrected chi connectivity index (χ2v) is 21.5. The molecule has 0 spiro atoms. The molecule has 0 radical (unpaired) electrons. The molecule has 2 aliphatic heterocycles. The third-order valence-corrected chi connectivity index (χ3v) is 17.6. The number of imide groups is 1. The van der Waals surface area contributed by atoms with Crippen LogP contribution in [0, 0.1) is 17.8 Å². The Bertz CT molecular complexity index is 1820. The first kappa shape index (κ1) is 39.7. The number of likely N-dealkylation sites (tertiary alicyclic amines) is 1. The summed E-state index contributed by atoms with van der Waals surface area (Å²) in [5.74, 6) is -0.175. The first-order valence-electron chi connectivity index (χ1n) is 20.6. The Labute approximate surface area is 328 Å². The molecule has 1 saturated carbocycles. The van der Waals surface area contributed by atoms with Crippen LogP contribution in [0.3, 0.4) is 0 Å². The molecule has 8 nitrogen and oxygen atoms in total. The summed E-state index contributed by atoms with van der Waals surface area (Å²) in [5, 5.41) is 23.0. The number of nitrogens with zero attached hydrogens (tertiary/aromatic N) is 1. The zero-order chi connectivity index (χ0) is 38.7. The highest BCUT2D eigenvalue weighted by molar-refractivity contribution is 6.99. The lowest BCUT2D eigenvalue weighted by molar-refractivity contribution is -0.143. The van der Waals surface area contributed by atoms with Crippen molar-refractivity contribution in [3.63, 3.8) is 0 Å². The number of benzene rings is 2. The predicted octanol–water partition coefficient (Wildman–Crippen LogP) is 7.44. The van der Waals surface area contributed by atoms with Crippen molar-refractivity contribution < 1.29 is 33.2 Å². The van der Waals surface area contributed by atoms with Gasteiger partial charge in [0.05, 0.1) is 24.5 Å². The van der Waals surface area contributed by atoms with Crippen molar-refractivity contribution in [1.82, 2.24) is 4.90 Å². The second-order valence-electron chi connectivity index (χ2n) is 17.2. The van der Waals surface area contributed by atoms with Gasteiger partial charge in [0.15, 0.2) is 0 Å². The van der Waals surface area contributed by atoms with E-state index in [0.29, 0.717) is 37.4 Å². The lowest BCUT2D eigenvalue weighted by atomic mass is 9.58. The van der Waals surface area contributed by atoms with Crippen LogP contribution in [0.25, 0.3) is 6.08 Å². The van der Waals surface area contributed by atoms with Gasteiger partial charge in [0.2, 0.25) is 11.8 Å². The third kappa shape index (κ3) is 7.90. The number of hydrogen-bond acceptors (Lipinski definition) is 7. The molecule has 0 unspecified atom stereocenters. The van der Waals surface area contributed by atoms with Crippen LogP contribution in [0.2, 0.25) is 11.4 Å². The Kier molecular flexibility index (Phi) is 12.2. The van der Waals surface area contributed by atoms with Crippen LogP contribution in [0.1, 0.15) is 103 Å². The Morgan fingerprint density at radius 3 is 2.20 bits per heavy atom. The van der Waals surface area contributed by atoms with E-state index in [9.17, 15) is 19.7 Å². The van der Waals surface area contributed by atoms with Crippen molar-refractivity contribution >= 4 is 43.7 Å². The van der Waals surface area contributed by atoms with Crippen LogP contribution in [0.5, 0.6) is 0 Å². The van der Waals surface area contributed by atoms with Gasteiger partial charge in [0, 0.05) is 6.04 Å². The molecule has 2 amide bonds. The average molecular weight is 764 g/mol. The van der Waals surface area contributed by atoms with E-state index in [-0.39, 0.29) is 41.7 Å². The molecule has 10 heteroatoms. The van der Waals surface area contributed by atoms with Gasteiger partial charge >= 0.3 is 7.12 Å². The first-order valence-corrected chi connectivity index (χ1v) is 22.5. The minimum atomic E-state index is -2.95. The van der Waals surface area contributed by atoms with Crippen molar-refractivity contribution in [2.24, 2.45) is 17.8 Å². The number of fused-ring (bicyclic) bond motifs is 3. The molecule has 4 atom stereocenters. The number of aliphatic hydroxyl groups excluding tert-OH is 1. The molecule has 1 aromatic heterocycles. The number of hydrogen-bond donors (Lipinski definition) is 2. The number of furan rings is 1. The molecule has 3 aromatic rings. The zero-order valence-electron chi connectivity index (χ0n) is 33.0. The van der Waals surface area contributed by atoms with E-state index in [0.717, 1.165) is 56.1 Å². The minimum absolute atomic E-state index is 0.0460. The normalized spacial score (nSPS) is 24.1. The number of carbonyl (C=O) groups excluding carboxylic acids is 2. The van der Waals surface area contributed by atoms with E-state index in [4.69, 9.17) is 13.5 Å². The fourth-order valence-electron chi connectivity index (χ4n) is 10.2. The number of amides is 2. The summed E-state index contributed by atoms with van der Waals surface area (Å²) in [6.07, 6.45) is 10.4. The van der Waals surface area contributed by atoms with E-state index >= 15 is 0 Å². The lowest BCUT2D eigenvalue weighted by Gasteiger charge is -2.46. The number of aliphatic hydroxyl groups is 1. The molecule has 55 heavy (non-hydrogen) atoms. The average Bonchev–Trinajstić information content (AvgIpc) is 3.75. The molecule has 2 saturated heterocycles. The van der Waals surface area contributed by atoms with Gasteiger partial charge in [0.25, 0.3) is 8.32 Å². The predicted molar refractivity (Wildman–Crippen MR) is 219 cm³/mol. The van der Waals surface area contributed by atoms with Gasteiger partial charge in [-0.1, -0.05) is 120 Å². The maximum Gasteiger partial charge on any atom is 0.455 e. The molecule has 292 valence electrons. The van der Waals surface area contributed by atoms with Crippen LogP contribution in [-0.4, -0.2) is 61.0 Å². The summed E-state index contributed by atoms with van der Waals surface area (Å²) < 4.78 is 19.8. The SMILES string of the molecule is CCC/C(=C\c1ccc(CO)o1)CC[C@H]1OB(O)C[C@H]2C1=C(CO[Si](c1ccccc1)(c1ccccc1)C(C)(C)C)C[C@H]1C(=O)N(C3CCCCC3)C(=O)[C@H]12. The van der Waals surface area contributed by atoms with Crippen molar-refractivity contribution in [3.8, 4) is 0 Å². The summed E-state index contributed by atoms with van der Waals surface area (Å²) >= 11 is 0. The molecule has 2 aliphatic carbocycles. The molecule has 2 N–H and O–H groups in total. The number of rotatable bonds is 13. The summed E-state index contributed by atoms with van der Waals surface area (Å²) in [7, 11) is -3.99. The lowest BCUT2D eigenvalue weighted by Crippen LogP contribution is -2.66. The van der Waals surface area contributed by atoms with Crippen molar-refractivity contribution in [2.45, 2.75) is 122 Å². The van der Waals surface area contributed by atoms with Gasteiger partial charge in [-0.15, -0.1) is 0 Å². The smallest absolute Gasteiger partial charge is 0.455 e. The standard InChI is InChI=1S/C45H58BNO7Si/c1-5-15-31(26-34-23-24-35(29-48)53-34)22-25-40-41-32(30-52-55(45(2,3)4,36-18-11-7-12-19-36)37-20-13-8-14-21-37)27-38-42(39(41)28-46(51)54-40)44(50)47(43(38)49)33-16-9-6-10-17-33/h7-8,11-14,18-21,23-24,26,33,38-40,42,48,51H,5-6,9-10,15-17,22,25,27-30H2,1-4H3/b31-26+/t38-,39+,40-,42-/m1/s1. The topological polar surface area (TPSA) is 109 Å². The van der Waals surface area contributed by atoms with Gasteiger partial charge in [-0.25, -0.2) is 0 Å². The Hall–Kier alpha value is -3.54. The molecule has 2 aromatic carbocycles. The van der Waals surface area contributed by atoms with Gasteiger partial charge in [-0.3, -0.25) is 14.5 Å². The largest absolute Gasteiger partial charge is 0.459 e. The maximum absolute atomic E-state index is 14.5. The van der Waals surface area contributed by atoms with Gasteiger partial charge in [-0.2, -0.15) is 0 Å². The fraction of sp³-hybridized carbons (Fsp3) is 0.511. The van der Waals surface area contributed by atoms with Crippen LogP contribution < -0.4 is 10.4 Å². The molecular formula is C45H58BNO7Si. The molecule has 3 heterocycles. The summed E-state index contributed by atoms with van der Waals surface area (Å²) in [6, 6.07) is 24.8. The highest BCUT2D eigenvalue weighted by Crippen LogP contribution is 2.52. The van der Waals surface area contributed by atoms with Crippen LogP contribution in [0.15, 0.2) is 93.9 Å². The summed E-state index contributed by atoms with van der Waals surface area (Å²) in [4.78, 5) is 30.6. The van der Waals surface area contributed by atoms with E-state index < -0.39 is 33.4 Å². The fourth-order valence-corrected chi connectivity index (χ4v) is 14.8. The van der Waals surface area contributed by atoms with E-state index in [2.05, 4.69) is 82.3 Å². The van der Waals surface area contributed by atoms with E-state index in [1.165, 1.54) is 15.9 Å². The van der Waals surface area contributed by atoms with Crippen LogP contribution >= 0.6 is 0 Å². The highest BCUT2D eigenvalue weighted by atomic mass is 28.4. The zero-order valence-corrected chi connectivity index (χ0v) is 34.0. The minimum Gasteiger partial charge on any atom is -0.459 e.